The molecule has 0 saturated heterocycles. The molecule has 0 amide bonds. The van der Waals surface area contributed by atoms with E-state index in [4.69, 9.17) is 9.47 Å². The molecule has 3 nitrogen and oxygen atoms in total. The van der Waals surface area contributed by atoms with Gasteiger partial charge in [-0.25, -0.2) is 0 Å². The van der Waals surface area contributed by atoms with Crippen LogP contribution in [0, 0.1) is 5.41 Å². The molecular formula is C15H33NO2. The summed E-state index contributed by atoms with van der Waals surface area (Å²) in [7, 11) is 0. The molecule has 0 radical (unpaired) electrons. The smallest absolute Gasteiger partial charge is 0.172 e. The normalized spacial score (nSPS) is 14.2. The standard InChI is InChI=1S/C15H33NO2/c1-7-16-13(11-10-12-15(4,5)6)14(17-8-2)18-9-3/h13-14,16H,7-12H2,1-6H3. The van der Waals surface area contributed by atoms with Gasteiger partial charge in [0.1, 0.15) is 0 Å². The van der Waals surface area contributed by atoms with Crippen LogP contribution < -0.4 is 5.32 Å². The Morgan fingerprint density at radius 1 is 1.00 bits per heavy atom. The van der Waals surface area contributed by atoms with Crippen LogP contribution in [0.3, 0.4) is 0 Å². The third-order valence-electron chi connectivity index (χ3n) is 2.90. The Balaban J connectivity index is 4.23. The summed E-state index contributed by atoms with van der Waals surface area (Å²) in [6.45, 7) is 15.4. The van der Waals surface area contributed by atoms with E-state index in [1.165, 1.54) is 12.8 Å². The summed E-state index contributed by atoms with van der Waals surface area (Å²) in [5, 5.41) is 3.49. The zero-order chi connectivity index (χ0) is 14.0. The third kappa shape index (κ3) is 8.90. The molecule has 0 bridgehead atoms. The summed E-state index contributed by atoms with van der Waals surface area (Å²) in [6, 6.07) is 0.303. The minimum atomic E-state index is -0.111. The molecule has 0 aliphatic heterocycles. The van der Waals surface area contributed by atoms with E-state index in [2.05, 4.69) is 33.0 Å². The van der Waals surface area contributed by atoms with Crippen molar-refractivity contribution in [3.8, 4) is 0 Å². The largest absolute Gasteiger partial charge is 0.351 e. The highest BCUT2D eigenvalue weighted by atomic mass is 16.7. The van der Waals surface area contributed by atoms with Crippen LogP contribution in [-0.2, 0) is 9.47 Å². The Morgan fingerprint density at radius 2 is 1.56 bits per heavy atom. The van der Waals surface area contributed by atoms with Gasteiger partial charge in [0, 0.05) is 13.2 Å². The fourth-order valence-corrected chi connectivity index (χ4v) is 2.06. The Bertz CT molecular complexity index is 183. The summed E-state index contributed by atoms with van der Waals surface area (Å²) in [6.07, 6.45) is 3.44. The SMILES string of the molecule is CCNC(CCCC(C)(C)C)C(OCC)OCC. The molecule has 0 spiro atoms. The first-order chi connectivity index (χ1) is 8.44. The van der Waals surface area contributed by atoms with Crippen LogP contribution in [0.2, 0.25) is 0 Å². The second-order valence-corrected chi connectivity index (χ2v) is 5.90. The van der Waals surface area contributed by atoms with Crippen LogP contribution in [0.5, 0.6) is 0 Å². The Hall–Kier alpha value is -0.120. The molecule has 3 heteroatoms. The molecule has 0 aromatic heterocycles. The Morgan fingerprint density at radius 3 is 1.94 bits per heavy atom. The molecule has 1 atom stereocenters. The van der Waals surface area contributed by atoms with E-state index >= 15 is 0 Å². The van der Waals surface area contributed by atoms with Crippen LogP contribution in [0.4, 0.5) is 0 Å². The van der Waals surface area contributed by atoms with Gasteiger partial charge in [-0.15, -0.1) is 0 Å². The Labute approximate surface area is 114 Å². The molecule has 0 heterocycles. The van der Waals surface area contributed by atoms with Crippen molar-refractivity contribution >= 4 is 0 Å². The van der Waals surface area contributed by atoms with Crippen LogP contribution in [0.15, 0.2) is 0 Å². The molecule has 110 valence electrons. The highest BCUT2D eigenvalue weighted by Crippen LogP contribution is 2.23. The van der Waals surface area contributed by atoms with Crippen LogP contribution >= 0.6 is 0 Å². The van der Waals surface area contributed by atoms with E-state index in [-0.39, 0.29) is 6.29 Å². The van der Waals surface area contributed by atoms with E-state index in [1.54, 1.807) is 0 Å². The first kappa shape index (κ1) is 17.9. The van der Waals surface area contributed by atoms with Gasteiger partial charge in [0.2, 0.25) is 0 Å². The fourth-order valence-electron chi connectivity index (χ4n) is 2.06. The van der Waals surface area contributed by atoms with E-state index in [9.17, 15) is 0 Å². The lowest BCUT2D eigenvalue weighted by Gasteiger charge is -2.28. The summed E-state index contributed by atoms with van der Waals surface area (Å²) in [4.78, 5) is 0. The molecule has 0 aromatic rings. The fraction of sp³-hybridized carbons (Fsp3) is 1.00. The molecule has 1 unspecified atom stereocenters. The topological polar surface area (TPSA) is 30.5 Å². The number of hydrogen-bond acceptors (Lipinski definition) is 3. The monoisotopic (exact) mass is 259 g/mol. The Kier molecular flexibility index (Phi) is 9.70. The number of nitrogens with one attached hydrogen (secondary N) is 1. The maximum Gasteiger partial charge on any atom is 0.172 e. The first-order valence-electron chi connectivity index (χ1n) is 7.41. The number of ether oxygens (including phenoxy) is 2. The minimum absolute atomic E-state index is 0.111. The second kappa shape index (κ2) is 9.76. The van der Waals surface area contributed by atoms with Crippen LogP contribution in [0.25, 0.3) is 0 Å². The molecule has 0 aliphatic rings. The second-order valence-electron chi connectivity index (χ2n) is 5.90. The number of hydrogen-bond donors (Lipinski definition) is 1. The van der Waals surface area contributed by atoms with Crippen molar-refractivity contribution in [2.24, 2.45) is 5.41 Å². The predicted molar refractivity (Wildman–Crippen MR) is 77.8 cm³/mol. The molecule has 1 N–H and O–H groups in total. The van der Waals surface area contributed by atoms with Gasteiger partial charge in [-0.3, -0.25) is 0 Å². The average Bonchev–Trinajstić information content (AvgIpc) is 2.26. The molecule has 0 aliphatic carbocycles. The van der Waals surface area contributed by atoms with Gasteiger partial charge in [-0.2, -0.15) is 0 Å². The van der Waals surface area contributed by atoms with Crippen molar-refractivity contribution in [1.29, 1.82) is 0 Å². The van der Waals surface area contributed by atoms with Crippen molar-refractivity contribution in [2.45, 2.75) is 73.1 Å². The van der Waals surface area contributed by atoms with Gasteiger partial charge in [0.15, 0.2) is 6.29 Å². The lowest BCUT2D eigenvalue weighted by atomic mass is 9.89. The average molecular weight is 259 g/mol. The number of likely N-dealkylation sites (N-methyl/N-ethyl adjacent to an activating group) is 1. The first-order valence-corrected chi connectivity index (χ1v) is 7.41. The molecule has 18 heavy (non-hydrogen) atoms. The van der Waals surface area contributed by atoms with Gasteiger partial charge in [0.25, 0.3) is 0 Å². The van der Waals surface area contributed by atoms with E-state index in [0.717, 1.165) is 13.0 Å². The lowest BCUT2D eigenvalue weighted by molar-refractivity contribution is -0.155. The van der Waals surface area contributed by atoms with E-state index < -0.39 is 0 Å². The van der Waals surface area contributed by atoms with E-state index in [1.807, 2.05) is 13.8 Å². The van der Waals surface area contributed by atoms with Crippen LogP contribution in [0.1, 0.15) is 60.8 Å². The highest BCUT2D eigenvalue weighted by Gasteiger charge is 2.22. The summed E-state index contributed by atoms with van der Waals surface area (Å²) in [5.41, 5.74) is 0.406. The summed E-state index contributed by atoms with van der Waals surface area (Å²) < 4.78 is 11.4. The minimum Gasteiger partial charge on any atom is -0.351 e. The quantitative estimate of drug-likeness (QED) is 0.608. The van der Waals surface area contributed by atoms with Gasteiger partial charge in [-0.1, -0.05) is 34.1 Å². The molecule has 0 saturated carbocycles. The van der Waals surface area contributed by atoms with Crippen LogP contribution in [-0.4, -0.2) is 32.1 Å². The molecule has 0 rings (SSSR count). The van der Waals surface area contributed by atoms with Gasteiger partial charge < -0.3 is 14.8 Å². The lowest BCUT2D eigenvalue weighted by Crippen LogP contribution is -2.43. The molecule has 0 aromatic carbocycles. The van der Waals surface area contributed by atoms with Crippen molar-refractivity contribution < 1.29 is 9.47 Å². The zero-order valence-electron chi connectivity index (χ0n) is 13.2. The summed E-state index contributed by atoms with van der Waals surface area (Å²) >= 11 is 0. The highest BCUT2D eigenvalue weighted by molar-refractivity contribution is 4.72. The van der Waals surface area contributed by atoms with Crippen molar-refractivity contribution in [1.82, 2.24) is 5.32 Å². The van der Waals surface area contributed by atoms with Gasteiger partial charge in [-0.05, 0) is 38.6 Å². The maximum absolute atomic E-state index is 5.70. The van der Waals surface area contributed by atoms with Crippen molar-refractivity contribution in [3.63, 3.8) is 0 Å². The van der Waals surface area contributed by atoms with Crippen molar-refractivity contribution in [3.05, 3.63) is 0 Å². The third-order valence-corrected chi connectivity index (χ3v) is 2.90. The zero-order valence-corrected chi connectivity index (χ0v) is 13.2. The predicted octanol–water partition coefficient (Wildman–Crippen LogP) is 3.58. The van der Waals surface area contributed by atoms with E-state index in [0.29, 0.717) is 24.7 Å². The van der Waals surface area contributed by atoms with Gasteiger partial charge in [0.05, 0.1) is 6.04 Å². The van der Waals surface area contributed by atoms with Gasteiger partial charge >= 0.3 is 0 Å². The number of rotatable bonds is 10. The molecular weight excluding hydrogens is 226 g/mol. The molecule has 0 fully saturated rings. The summed E-state index contributed by atoms with van der Waals surface area (Å²) in [5.74, 6) is 0. The maximum atomic E-state index is 5.70. The van der Waals surface area contributed by atoms with Crippen molar-refractivity contribution in [2.75, 3.05) is 19.8 Å².